The van der Waals surface area contributed by atoms with Crippen LogP contribution in [-0.4, -0.2) is 22.8 Å². The molecule has 0 amide bonds. The topological polar surface area (TPSA) is 54.4 Å². The van der Waals surface area contributed by atoms with Crippen molar-refractivity contribution in [3.63, 3.8) is 0 Å². The molecule has 122 valence electrons. The van der Waals surface area contributed by atoms with E-state index in [9.17, 15) is 14.7 Å². The molecule has 0 spiro atoms. The lowest BCUT2D eigenvalue weighted by atomic mass is 9.45. The van der Waals surface area contributed by atoms with Crippen LogP contribution in [0.1, 0.15) is 65.2 Å². The van der Waals surface area contributed by atoms with Crippen molar-refractivity contribution in [2.75, 3.05) is 0 Å². The SMILES string of the molecule is C[C@]12CC[C@@H]3[C@H](C(=O)C[C@H]4CC(=O)CC[C@@]43C)[C@@H]1C[C@H](O)C2. The summed E-state index contributed by atoms with van der Waals surface area (Å²) in [5.74, 6) is 1.97. The van der Waals surface area contributed by atoms with Gasteiger partial charge in [-0.25, -0.2) is 0 Å². The average Bonchev–Trinajstić information content (AvgIpc) is 2.75. The van der Waals surface area contributed by atoms with E-state index in [1.165, 1.54) is 0 Å². The molecule has 3 nitrogen and oxygen atoms in total. The van der Waals surface area contributed by atoms with Crippen LogP contribution in [0.15, 0.2) is 0 Å². The molecule has 0 aromatic carbocycles. The summed E-state index contributed by atoms with van der Waals surface area (Å²) in [7, 11) is 0. The Hall–Kier alpha value is -0.700. The molecular formula is C19H28O3. The largest absolute Gasteiger partial charge is 0.393 e. The smallest absolute Gasteiger partial charge is 0.136 e. The molecular weight excluding hydrogens is 276 g/mol. The highest BCUT2D eigenvalue weighted by atomic mass is 16.3. The number of hydrogen-bond donors (Lipinski definition) is 1. The number of fused-ring (bicyclic) bond motifs is 5. The van der Waals surface area contributed by atoms with E-state index in [1.807, 2.05) is 0 Å². The zero-order valence-corrected chi connectivity index (χ0v) is 13.8. The molecule has 4 aliphatic carbocycles. The first-order chi connectivity index (χ1) is 10.3. The van der Waals surface area contributed by atoms with Crippen molar-refractivity contribution in [3.05, 3.63) is 0 Å². The maximum absolute atomic E-state index is 12.9. The van der Waals surface area contributed by atoms with Gasteiger partial charge in [0.1, 0.15) is 11.6 Å². The number of carbonyl (C=O) groups is 2. The van der Waals surface area contributed by atoms with Gasteiger partial charge in [0.2, 0.25) is 0 Å². The molecule has 0 aromatic heterocycles. The van der Waals surface area contributed by atoms with Gasteiger partial charge < -0.3 is 5.11 Å². The fourth-order valence-corrected chi connectivity index (χ4v) is 6.75. The first-order valence-corrected chi connectivity index (χ1v) is 9.06. The molecule has 3 heteroatoms. The summed E-state index contributed by atoms with van der Waals surface area (Å²) in [6.45, 7) is 4.64. The third-order valence-electron chi connectivity index (χ3n) is 8.03. The fraction of sp³-hybridized carbons (Fsp3) is 0.895. The number of ketones is 2. The minimum atomic E-state index is -0.222. The van der Waals surface area contributed by atoms with Crippen molar-refractivity contribution in [2.24, 2.45) is 34.5 Å². The van der Waals surface area contributed by atoms with E-state index in [-0.39, 0.29) is 28.8 Å². The molecule has 7 atom stereocenters. The van der Waals surface area contributed by atoms with Gasteiger partial charge in [-0.05, 0) is 60.7 Å². The molecule has 22 heavy (non-hydrogen) atoms. The van der Waals surface area contributed by atoms with Crippen LogP contribution in [0.2, 0.25) is 0 Å². The fourth-order valence-electron chi connectivity index (χ4n) is 6.75. The van der Waals surface area contributed by atoms with E-state index in [2.05, 4.69) is 13.8 Å². The second kappa shape index (κ2) is 4.66. The molecule has 4 aliphatic rings. The molecule has 4 rings (SSSR count). The lowest BCUT2D eigenvalue weighted by molar-refractivity contribution is -0.156. The lowest BCUT2D eigenvalue weighted by Gasteiger charge is -2.58. The number of aliphatic hydroxyl groups excluding tert-OH is 1. The Kier molecular flexibility index (Phi) is 3.15. The van der Waals surface area contributed by atoms with Crippen LogP contribution >= 0.6 is 0 Å². The Bertz CT molecular complexity index is 527. The van der Waals surface area contributed by atoms with Crippen molar-refractivity contribution >= 4 is 11.6 Å². The highest BCUT2D eigenvalue weighted by Crippen LogP contribution is 2.65. The summed E-state index contributed by atoms with van der Waals surface area (Å²) in [6.07, 6.45) is 6.60. The number of aliphatic hydroxyl groups is 1. The molecule has 0 bridgehead atoms. The summed E-state index contributed by atoms with van der Waals surface area (Å²) < 4.78 is 0. The van der Waals surface area contributed by atoms with E-state index in [1.54, 1.807) is 0 Å². The molecule has 0 aliphatic heterocycles. The zero-order chi connectivity index (χ0) is 15.7. The molecule has 0 radical (unpaired) electrons. The second-order valence-corrected chi connectivity index (χ2v) is 9.14. The number of rotatable bonds is 0. The van der Waals surface area contributed by atoms with E-state index >= 15 is 0 Å². The number of hydrogen-bond acceptors (Lipinski definition) is 3. The number of carbonyl (C=O) groups excluding carboxylic acids is 2. The van der Waals surface area contributed by atoms with Crippen LogP contribution in [0.3, 0.4) is 0 Å². The van der Waals surface area contributed by atoms with Gasteiger partial charge in [0.05, 0.1) is 6.10 Å². The maximum Gasteiger partial charge on any atom is 0.136 e. The van der Waals surface area contributed by atoms with Crippen molar-refractivity contribution < 1.29 is 14.7 Å². The van der Waals surface area contributed by atoms with Crippen molar-refractivity contribution in [1.29, 1.82) is 0 Å². The maximum atomic E-state index is 12.9. The molecule has 0 unspecified atom stereocenters. The van der Waals surface area contributed by atoms with Gasteiger partial charge in [0.15, 0.2) is 0 Å². The highest BCUT2D eigenvalue weighted by molar-refractivity contribution is 5.86. The van der Waals surface area contributed by atoms with Gasteiger partial charge in [-0.1, -0.05) is 13.8 Å². The normalized spacial score (nSPS) is 54.6. The van der Waals surface area contributed by atoms with Gasteiger partial charge in [0, 0.05) is 25.2 Å². The minimum absolute atomic E-state index is 0.144. The van der Waals surface area contributed by atoms with Crippen LogP contribution in [0.25, 0.3) is 0 Å². The van der Waals surface area contributed by atoms with Gasteiger partial charge >= 0.3 is 0 Å². The Morgan fingerprint density at radius 1 is 1.09 bits per heavy atom. The monoisotopic (exact) mass is 304 g/mol. The van der Waals surface area contributed by atoms with Gasteiger partial charge in [-0.2, -0.15) is 0 Å². The summed E-state index contributed by atoms with van der Waals surface area (Å²) >= 11 is 0. The third-order valence-corrected chi connectivity index (χ3v) is 8.03. The van der Waals surface area contributed by atoms with Crippen LogP contribution in [0.5, 0.6) is 0 Å². The average molecular weight is 304 g/mol. The van der Waals surface area contributed by atoms with Crippen molar-refractivity contribution in [3.8, 4) is 0 Å². The van der Waals surface area contributed by atoms with Gasteiger partial charge in [-0.15, -0.1) is 0 Å². The van der Waals surface area contributed by atoms with E-state index in [4.69, 9.17) is 0 Å². The molecule has 0 aromatic rings. The summed E-state index contributed by atoms with van der Waals surface area (Å²) in [5.41, 5.74) is 0.325. The Morgan fingerprint density at radius 3 is 2.64 bits per heavy atom. The lowest BCUT2D eigenvalue weighted by Crippen LogP contribution is -2.56. The van der Waals surface area contributed by atoms with Crippen molar-refractivity contribution in [2.45, 2.75) is 71.3 Å². The predicted molar refractivity (Wildman–Crippen MR) is 83.1 cm³/mol. The molecule has 0 heterocycles. The minimum Gasteiger partial charge on any atom is -0.393 e. The Balaban J connectivity index is 1.70. The second-order valence-electron chi connectivity index (χ2n) is 9.14. The molecule has 4 fully saturated rings. The highest BCUT2D eigenvalue weighted by Gasteiger charge is 2.61. The van der Waals surface area contributed by atoms with E-state index in [0.717, 1.165) is 32.1 Å². The van der Waals surface area contributed by atoms with Crippen LogP contribution in [0, 0.1) is 34.5 Å². The first-order valence-electron chi connectivity index (χ1n) is 9.06. The van der Waals surface area contributed by atoms with Gasteiger partial charge in [-0.3, -0.25) is 9.59 Å². The predicted octanol–water partition coefficient (Wildman–Crippen LogP) is 3.14. The van der Waals surface area contributed by atoms with E-state index < -0.39 is 0 Å². The van der Waals surface area contributed by atoms with Crippen LogP contribution in [0.4, 0.5) is 0 Å². The summed E-state index contributed by atoms with van der Waals surface area (Å²) in [4.78, 5) is 24.8. The molecule has 4 saturated carbocycles. The van der Waals surface area contributed by atoms with E-state index in [0.29, 0.717) is 42.7 Å². The third kappa shape index (κ3) is 1.90. The van der Waals surface area contributed by atoms with Crippen LogP contribution in [-0.2, 0) is 9.59 Å². The Morgan fingerprint density at radius 2 is 1.86 bits per heavy atom. The quantitative estimate of drug-likeness (QED) is 0.748. The van der Waals surface area contributed by atoms with Crippen molar-refractivity contribution in [1.82, 2.24) is 0 Å². The Labute approximate surface area is 132 Å². The standard InChI is InChI=1S/C19H28O3/c1-18-5-4-14-17(15(18)9-13(21)10-18)16(22)8-11-7-12(20)3-6-19(11,14)2/h11,13-15,17,21H,3-10H2,1-2H3/t11-,13+,14-,15+,17+,18-,19+/m1/s1. The summed E-state index contributed by atoms with van der Waals surface area (Å²) in [5, 5.41) is 10.2. The molecule has 1 N–H and O–H groups in total. The summed E-state index contributed by atoms with van der Waals surface area (Å²) in [6, 6.07) is 0. The molecule has 0 saturated heterocycles. The van der Waals surface area contributed by atoms with Crippen LogP contribution < -0.4 is 0 Å². The number of Topliss-reactive ketones (excluding diaryl/α,β-unsaturated/α-hetero) is 2. The first kappa shape index (κ1) is 14.9. The van der Waals surface area contributed by atoms with Gasteiger partial charge in [0.25, 0.3) is 0 Å². The zero-order valence-electron chi connectivity index (χ0n) is 13.8.